The van der Waals surface area contributed by atoms with Crippen molar-refractivity contribution in [2.24, 2.45) is 0 Å². The van der Waals surface area contributed by atoms with E-state index in [1.807, 2.05) is 41.9 Å². The molecular formula is C28H30ClN7O3. The first kappa shape index (κ1) is 26.6. The first-order valence-corrected chi connectivity index (χ1v) is 13.5. The van der Waals surface area contributed by atoms with Crippen LogP contribution in [0.1, 0.15) is 48.1 Å². The Morgan fingerprint density at radius 3 is 2.62 bits per heavy atom. The maximum atomic E-state index is 13.3. The van der Waals surface area contributed by atoms with E-state index in [1.54, 1.807) is 4.90 Å². The predicted octanol–water partition coefficient (Wildman–Crippen LogP) is 5.38. The van der Waals surface area contributed by atoms with Gasteiger partial charge in [0, 0.05) is 44.2 Å². The van der Waals surface area contributed by atoms with E-state index in [1.165, 1.54) is 18.2 Å². The van der Waals surface area contributed by atoms with Crippen molar-refractivity contribution in [3.05, 3.63) is 80.7 Å². The Bertz CT molecular complexity index is 1520. The van der Waals surface area contributed by atoms with Crippen molar-refractivity contribution < 1.29 is 9.72 Å². The van der Waals surface area contributed by atoms with Crippen molar-refractivity contribution in [2.75, 3.05) is 31.1 Å². The molecule has 0 bridgehead atoms. The number of para-hydroxylation sites is 1. The highest BCUT2D eigenvalue weighted by molar-refractivity contribution is 6.32. The summed E-state index contributed by atoms with van der Waals surface area (Å²) in [4.78, 5) is 37.9. The summed E-state index contributed by atoms with van der Waals surface area (Å²) in [5, 5.41) is 17.1. The fraction of sp³-hybridized carbons (Fsp3) is 0.357. The molecule has 2 aromatic carbocycles. The van der Waals surface area contributed by atoms with Crippen LogP contribution in [0.3, 0.4) is 0 Å². The molecule has 0 saturated carbocycles. The highest BCUT2D eigenvalue weighted by Gasteiger charge is 2.26. The van der Waals surface area contributed by atoms with Crippen LogP contribution in [0.15, 0.2) is 48.5 Å². The number of unbranched alkanes of at least 4 members (excludes halogenated alkanes) is 1. The van der Waals surface area contributed by atoms with Gasteiger partial charge in [-0.3, -0.25) is 14.9 Å². The number of carbonyl (C=O) groups is 1. The Morgan fingerprint density at radius 1 is 1.08 bits per heavy atom. The average molecular weight is 548 g/mol. The summed E-state index contributed by atoms with van der Waals surface area (Å²) in [6, 6.07) is 14.1. The zero-order chi connectivity index (χ0) is 27.5. The number of benzene rings is 2. The second-order valence-corrected chi connectivity index (χ2v) is 10.1. The predicted molar refractivity (Wildman–Crippen MR) is 151 cm³/mol. The number of nitro groups is 1. The third-order valence-corrected chi connectivity index (χ3v) is 7.28. The molecule has 2 aromatic heterocycles. The van der Waals surface area contributed by atoms with Crippen LogP contribution in [0, 0.1) is 17.0 Å². The van der Waals surface area contributed by atoms with Crippen LogP contribution in [-0.2, 0) is 6.42 Å². The third-order valence-electron chi connectivity index (χ3n) is 6.96. The van der Waals surface area contributed by atoms with Gasteiger partial charge in [0.1, 0.15) is 16.7 Å². The van der Waals surface area contributed by atoms with Gasteiger partial charge in [-0.2, -0.15) is 5.10 Å². The Kier molecular flexibility index (Phi) is 7.74. The molecule has 5 rings (SSSR count). The zero-order valence-corrected chi connectivity index (χ0v) is 22.8. The molecular weight excluding hydrogens is 518 g/mol. The molecule has 1 aliphatic rings. The molecule has 1 saturated heterocycles. The van der Waals surface area contributed by atoms with Gasteiger partial charge in [0.2, 0.25) is 0 Å². The van der Waals surface area contributed by atoms with Crippen LogP contribution in [-0.4, -0.2) is 61.7 Å². The van der Waals surface area contributed by atoms with E-state index in [2.05, 4.69) is 11.8 Å². The number of nitrogens with zero attached hydrogens (tertiary/aromatic N) is 7. The van der Waals surface area contributed by atoms with Crippen molar-refractivity contribution in [1.82, 2.24) is 24.6 Å². The van der Waals surface area contributed by atoms with E-state index in [-0.39, 0.29) is 22.2 Å². The SMILES string of the molecule is CCCCc1nc(N2CCCN(C(=O)c3ccc(Cl)c([N+](=O)[O-])c3)CC2)c2c(C)nn(-c3ccccc3)c2n1. The number of hydrogen-bond acceptors (Lipinski definition) is 7. The fourth-order valence-electron chi connectivity index (χ4n) is 4.93. The number of nitro benzene ring substituents is 1. The van der Waals surface area contributed by atoms with Crippen LogP contribution in [0.25, 0.3) is 16.7 Å². The monoisotopic (exact) mass is 547 g/mol. The van der Waals surface area contributed by atoms with Gasteiger partial charge in [0.15, 0.2) is 5.65 Å². The van der Waals surface area contributed by atoms with Crippen molar-refractivity contribution in [3.8, 4) is 5.69 Å². The van der Waals surface area contributed by atoms with Crippen LogP contribution in [0.5, 0.6) is 0 Å². The molecule has 10 nitrogen and oxygen atoms in total. The summed E-state index contributed by atoms with van der Waals surface area (Å²) in [6.45, 7) is 6.38. The molecule has 202 valence electrons. The molecule has 39 heavy (non-hydrogen) atoms. The summed E-state index contributed by atoms with van der Waals surface area (Å²) in [7, 11) is 0. The van der Waals surface area contributed by atoms with E-state index >= 15 is 0 Å². The van der Waals surface area contributed by atoms with E-state index in [9.17, 15) is 14.9 Å². The quantitative estimate of drug-likeness (QED) is 0.225. The van der Waals surface area contributed by atoms with Crippen molar-refractivity contribution in [2.45, 2.75) is 39.5 Å². The van der Waals surface area contributed by atoms with Gasteiger partial charge in [-0.05, 0) is 44.0 Å². The smallest absolute Gasteiger partial charge is 0.288 e. The topological polar surface area (TPSA) is 110 Å². The molecule has 0 radical (unpaired) electrons. The summed E-state index contributed by atoms with van der Waals surface area (Å²) >= 11 is 5.95. The molecule has 0 N–H and O–H groups in total. The van der Waals surface area contributed by atoms with E-state index in [0.29, 0.717) is 26.2 Å². The molecule has 0 spiro atoms. The van der Waals surface area contributed by atoms with E-state index in [4.69, 9.17) is 26.7 Å². The lowest BCUT2D eigenvalue weighted by Crippen LogP contribution is -2.35. The van der Waals surface area contributed by atoms with Gasteiger partial charge in [-0.1, -0.05) is 43.1 Å². The number of anilines is 1. The van der Waals surface area contributed by atoms with Crippen molar-refractivity contribution in [3.63, 3.8) is 0 Å². The van der Waals surface area contributed by atoms with Crippen molar-refractivity contribution in [1.29, 1.82) is 0 Å². The fourth-order valence-corrected chi connectivity index (χ4v) is 5.12. The van der Waals surface area contributed by atoms with Gasteiger partial charge < -0.3 is 9.80 Å². The molecule has 1 amide bonds. The standard InChI is InChI=1S/C28H30ClN7O3/c1-3-4-11-24-30-26(25-19(2)32-35(27(25)31-24)21-9-6-5-7-10-21)33-14-8-15-34(17-16-33)28(37)20-12-13-22(29)23(18-20)36(38)39/h5-7,9-10,12-13,18H,3-4,8,11,14-17H2,1-2H3. The van der Waals surface area contributed by atoms with Gasteiger partial charge in [0.25, 0.3) is 11.6 Å². The van der Waals surface area contributed by atoms with Crippen LogP contribution < -0.4 is 4.90 Å². The number of halogens is 1. The molecule has 11 heteroatoms. The number of fused-ring (bicyclic) bond motifs is 1. The Labute approximate surface area is 231 Å². The molecule has 1 aliphatic heterocycles. The van der Waals surface area contributed by atoms with Crippen LogP contribution >= 0.6 is 11.6 Å². The summed E-state index contributed by atoms with van der Waals surface area (Å²) in [5.41, 5.74) is 2.54. The number of aryl methyl sites for hydroxylation is 2. The molecule has 0 aliphatic carbocycles. The Balaban J connectivity index is 1.47. The minimum atomic E-state index is -0.572. The summed E-state index contributed by atoms with van der Waals surface area (Å²) in [6.07, 6.45) is 3.52. The molecule has 0 unspecified atom stereocenters. The summed E-state index contributed by atoms with van der Waals surface area (Å²) in [5.74, 6) is 1.37. The molecule has 1 fully saturated rings. The number of carbonyl (C=O) groups excluding carboxylic acids is 1. The molecule has 0 atom stereocenters. The zero-order valence-electron chi connectivity index (χ0n) is 22.0. The first-order chi connectivity index (χ1) is 18.9. The summed E-state index contributed by atoms with van der Waals surface area (Å²) < 4.78 is 1.88. The minimum Gasteiger partial charge on any atom is -0.354 e. The van der Waals surface area contributed by atoms with Crippen molar-refractivity contribution >= 4 is 40.0 Å². The maximum absolute atomic E-state index is 13.3. The highest BCUT2D eigenvalue weighted by Crippen LogP contribution is 2.31. The van der Waals surface area contributed by atoms with Crippen LogP contribution in [0.2, 0.25) is 5.02 Å². The second-order valence-electron chi connectivity index (χ2n) is 9.65. The normalized spacial score (nSPS) is 14.0. The lowest BCUT2D eigenvalue weighted by molar-refractivity contribution is -0.384. The molecule has 3 heterocycles. The number of hydrogen-bond donors (Lipinski definition) is 0. The molecule has 4 aromatic rings. The second kappa shape index (κ2) is 11.4. The van der Waals surface area contributed by atoms with Gasteiger partial charge in [-0.25, -0.2) is 14.6 Å². The van der Waals surface area contributed by atoms with E-state index in [0.717, 1.165) is 59.7 Å². The Morgan fingerprint density at radius 2 is 1.87 bits per heavy atom. The lowest BCUT2D eigenvalue weighted by Gasteiger charge is -2.24. The Hall–Kier alpha value is -4.05. The number of amides is 1. The maximum Gasteiger partial charge on any atom is 0.288 e. The van der Waals surface area contributed by atoms with E-state index < -0.39 is 4.92 Å². The minimum absolute atomic E-state index is 0.0108. The first-order valence-electron chi connectivity index (χ1n) is 13.2. The van der Waals surface area contributed by atoms with Crippen LogP contribution in [0.4, 0.5) is 11.5 Å². The third kappa shape index (κ3) is 5.42. The largest absolute Gasteiger partial charge is 0.354 e. The van der Waals surface area contributed by atoms with Gasteiger partial charge in [0.05, 0.1) is 21.7 Å². The number of aromatic nitrogens is 4. The average Bonchev–Trinajstić information content (AvgIpc) is 3.10. The van der Waals surface area contributed by atoms with Gasteiger partial charge in [-0.15, -0.1) is 0 Å². The van der Waals surface area contributed by atoms with Gasteiger partial charge >= 0.3 is 0 Å². The number of rotatable bonds is 7. The lowest BCUT2D eigenvalue weighted by atomic mass is 10.1. The highest BCUT2D eigenvalue weighted by atomic mass is 35.5.